The summed E-state index contributed by atoms with van der Waals surface area (Å²) in [6.45, 7) is 1.73. The molecule has 4 aromatic rings. The number of aromatic nitrogens is 8. The fourth-order valence-electron chi connectivity index (χ4n) is 2.53. The molecule has 4 aromatic heterocycles. The van der Waals surface area contributed by atoms with Crippen molar-refractivity contribution in [3.63, 3.8) is 0 Å². The van der Waals surface area contributed by atoms with E-state index in [1.54, 1.807) is 23.7 Å². The van der Waals surface area contributed by atoms with Crippen LogP contribution in [0.25, 0.3) is 28.7 Å². The van der Waals surface area contributed by atoms with Gasteiger partial charge in [-0.1, -0.05) is 0 Å². The Morgan fingerprint density at radius 3 is 2.62 bits per heavy atom. The molecule has 0 saturated carbocycles. The predicted molar refractivity (Wildman–Crippen MR) is 82.2 cm³/mol. The molecule has 0 aromatic carbocycles. The molecular formula is C14H11F3N8O. The molecule has 9 nitrogen and oxygen atoms in total. The molecule has 26 heavy (non-hydrogen) atoms. The molecule has 2 N–H and O–H groups in total. The van der Waals surface area contributed by atoms with Crippen LogP contribution < -0.4 is 4.74 Å². The minimum Gasteiger partial charge on any atom is -0.493 e. The van der Waals surface area contributed by atoms with Gasteiger partial charge in [0.25, 0.3) is 5.82 Å². The molecule has 0 aliphatic carbocycles. The number of methoxy groups -OCH3 is 1. The molecule has 4 heterocycles. The maximum absolute atomic E-state index is 12.8. The van der Waals surface area contributed by atoms with E-state index >= 15 is 0 Å². The van der Waals surface area contributed by atoms with E-state index in [0.717, 1.165) is 0 Å². The summed E-state index contributed by atoms with van der Waals surface area (Å²) in [7, 11) is 1.49. The van der Waals surface area contributed by atoms with Gasteiger partial charge in [0.1, 0.15) is 17.1 Å². The topological polar surface area (TPSA) is 110 Å². The van der Waals surface area contributed by atoms with Gasteiger partial charge in [-0.3, -0.25) is 9.50 Å². The number of halogens is 3. The van der Waals surface area contributed by atoms with Crippen molar-refractivity contribution >= 4 is 5.78 Å². The molecule has 0 aliphatic heterocycles. The summed E-state index contributed by atoms with van der Waals surface area (Å²) in [5, 5.41) is 5.51. The average Bonchev–Trinajstić information content (AvgIpc) is 3.31. The summed E-state index contributed by atoms with van der Waals surface area (Å²) < 4.78 is 45.3. The Balaban J connectivity index is 2.00. The molecule has 134 valence electrons. The van der Waals surface area contributed by atoms with E-state index in [0.29, 0.717) is 22.8 Å². The number of ether oxygens (including phenoxy) is 1. The number of alkyl halides is 3. The van der Waals surface area contributed by atoms with E-state index < -0.39 is 12.0 Å². The van der Waals surface area contributed by atoms with Crippen molar-refractivity contribution in [1.29, 1.82) is 0 Å². The van der Waals surface area contributed by atoms with Crippen LogP contribution in [0.3, 0.4) is 0 Å². The van der Waals surface area contributed by atoms with E-state index in [-0.39, 0.29) is 17.3 Å². The Morgan fingerprint density at radius 1 is 1.19 bits per heavy atom. The second-order valence-electron chi connectivity index (χ2n) is 5.33. The highest BCUT2D eigenvalue weighted by atomic mass is 19.4. The lowest BCUT2D eigenvalue weighted by Crippen LogP contribution is -2.07. The lowest BCUT2D eigenvalue weighted by atomic mass is 10.2. The van der Waals surface area contributed by atoms with E-state index in [4.69, 9.17) is 4.74 Å². The molecule has 0 atom stereocenters. The van der Waals surface area contributed by atoms with E-state index in [1.165, 1.54) is 13.4 Å². The second kappa shape index (κ2) is 5.54. The summed E-state index contributed by atoms with van der Waals surface area (Å²) >= 11 is 0. The average molecular weight is 364 g/mol. The molecule has 12 heteroatoms. The molecule has 4 rings (SSSR count). The van der Waals surface area contributed by atoms with E-state index in [9.17, 15) is 13.2 Å². The van der Waals surface area contributed by atoms with Crippen LogP contribution in [0.1, 0.15) is 11.5 Å². The predicted octanol–water partition coefficient (Wildman–Crippen LogP) is 2.24. The Hall–Kier alpha value is -3.44. The quantitative estimate of drug-likeness (QED) is 0.577. The number of hydrogen-bond donors (Lipinski definition) is 2. The maximum Gasteiger partial charge on any atom is 0.453 e. The standard InChI is InChI=1S/C14H11F3N8O/c1-6-8(26-2)4-25-10(7-3-18-5-19-7)9(21-13(25)20-6)11-22-12(24-23-11)14(15,16)17/h3-5H,1-2H3,(H,18,19)(H,22,23,24). The fraction of sp³-hybridized carbons (Fsp3) is 0.214. The SMILES string of the molecule is COc1cn2c(-c3c[nH]cn3)c(-c3nc(C(F)(F)F)n[nH]3)nc2nc1C. The number of imidazole rings is 2. The summed E-state index contributed by atoms with van der Waals surface area (Å²) in [5.74, 6) is -0.662. The third-order valence-electron chi connectivity index (χ3n) is 3.69. The normalized spacial score (nSPS) is 12.0. The van der Waals surface area contributed by atoms with Crippen molar-refractivity contribution in [1.82, 2.24) is 39.5 Å². The molecule has 0 amide bonds. The number of aromatic amines is 2. The second-order valence-corrected chi connectivity index (χ2v) is 5.33. The number of H-pyrrole nitrogens is 2. The van der Waals surface area contributed by atoms with Gasteiger partial charge in [-0.05, 0) is 6.92 Å². The highest BCUT2D eigenvalue weighted by molar-refractivity contribution is 5.76. The fourth-order valence-corrected chi connectivity index (χ4v) is 2.53. The summed E-state index contributed by atoms with van der Waals surface area (Å²) in [4.78, 5) is 19.1. The van der Waals surface area contributed by atoms with E-state index in [2.05, 4.69) is 35.1 Å². The molecule has 0 aliphatic rings. The minimum absolute atomic E-state index is 0.139. The van der Waals surface area contributed by atoms with Crippen molar-refractivity contribution in [2.75, 3.05) is 7.11 Å². The zero-order chi connectivity index (χ0) is 18.5. The number of rotatable bonds is 3. The third-order valence-corrected chi connectivity index (χ3v) is 3.69. The zero-order valence-electron chi connectivity index (χ0n) is 13.5. The van der Waals surface area contributed by atoms with Crippen molar-refractivity contribution in [3.05, 3.63) is 30.2 Å². The van der Waals surface area contributed by atoms with Gasteiger partial charge in [-0.25, -0.2) is 19.9 Å². The van der Waals surface area contributed by atoms with Crippen LogP contribution >= 0.6 is 0 Å². The summed E-state index contributed by atoms with van der Waals surface area (Å²) in [5.41, 5.74) is 1.57. The smallest absolute Gasteiger partial charge is 0.453 e. The Labute approximate surface area is 143 Å². The first-order valence-corrected chi connectivity index (χ1v) is 7.31. The molecule has 0 unspecified atom stereocenters. The number of fused-ring (bicyclic) bond motifs is 1. The van der Waals surface area contributed by atoms with Crippen molar-refractivity contribution in [2.24, 2.45) is 0 Å². The van der Waals surface area contributed by atoms with Crippen molar-refractivity contribution in [2.45, 2.75) is 13.1 Å². The Kier molecular flexibility index (Phi) is 3.42. The maximum atomic E-state index is 12.8. The Bertz CT molecular complexity index is 1080. The van der Waals surface area contributed by atoms with Crippen LogP contribution in [0.5, 0.6) is 5.75 Å². The number of nitrogens with one attached hydrogen (secondary N) is 2. The van der Waals surface area contributed by atoms with Gasteiger partial charge in [0.15, 0.2) is 11.6 Å². The molecular weight excluding hydrogens is 353 g/mol. The van der Waals surface area contributed by atoms with Crippen LogP contribution in [-0.2, 0) is 6.18 Å². The van der Waals surface area contributed by atoms with Gasteiger partial charge in [0.05, 0.1) is 25.3 Å². The first kappa shape index (κ1) is 16.1. The van der Waals surface area contributed by atoms with Crippen molar-refractivity contribution < 1.29 is 17.9 Å². The van der Waals surface area contributed by atoms with Crippen LogP contribution in [-0.4, -0.2) is 46.6 Å². The molecule has 0 saturated heterocycles. The van der Waals surface area contributed by atoms with Gasteiger partial charge >= 0.3 is 6.18 Å². The van der Waals surface area contributed by atoms with Crippen molar-refractivity contribution in [3.8, 4) is 28.7 Å². The summed E-state index contributed by atoms with van der Waals surface area (Å²) in [6, 6.07) is 0. The number of hydrogen-bond acceptors (Lipinski definition) is 6. The molecule has 0 radical (unpaired) electrons. The first-order valence-electron chi connectivity index (χ1n) is 7.31. The largest absolute Gasteiger partial charge is 0.493 e. The number of nitrogens with zero attached hydrogens (tertiary/aromatic N) is 6. The van der Waals surface area contributed by atoms with Crippen LogP contribution in [0.2, 0.25) is 0 Å². The van der Waals surface area contributed by atoms with E-state index in [1.807, 2.05) is 0 Å². The van der Waals surface area contributed by atoms with Crippen LogP contribution in [0, 0.1) is 6.92 Å². The first-order chi connectivity index (χ1) is 12.4. The lowest BCUT2D eigenvalue weighted by molar-refractivity contribution is -0.144. The van der Waals surface area contributed by atoms with Gasteiger partial charge in [-0.2, -0.15) is 13.2 Å². The lowest BCUT2D eigenvalue weighted by Gasteiger charge is -2.05. The Morgan fingerprint density at radius 2 is 2.00 bits per heavy atom. The highest BCUT2D eigenvalue weighted by Crippen LogP contribution is 2.33. The van der Waals surface area contributed by atoms with Crippen LogP contribution in [0.4, 0.5) is 13.2 Å². The molecule has 0 spiro atoms. The van der Waals surface area contributed by atoms with Gasteiger partial charge in [0.2, 0.25) is 5.78 Å². The molecule has 0 bridgehead atoms. The van der Waals surface area contributed by atoms with Gasteiger partial charge in [0, 0.05) is 6.20 Å². The highest BCUT2D eigenvalue weighted by Gasteiger charge is 2.37. The number of aryl methyl sites for hydroxylation is 1. The van der Waals surface area contributed by atoms with Crippen LogP contribution in [0.15, 0.2) is 18.7 Å². The molecule has 0 fully saturated rings. The monoisotopic (exact) mass is 364 g/mol. The summed E-state index contributed by atoms with van der Waals surface area (Å²) in [6.07, 6.45) is -0.00308. The third kappa shape index (κ3) is 2.46. The minimum atomic E-state index is -4.67. The zero-order valence-corrected chi connectivity index (χ0v) is 13.5. The van der Waals surface area contributed by atoms with Gasteiger partial charge in [-0.15, -0.1) is 5.10 Å². The van der Waals surface area contributed by atoms with Gasteiger partial charge < -0.3 is 9.72 Å².